The lowest BCUT2D eigenvalue weighted by Gasteiger charge is -2.11. The Morgan fingerprint density at radius 2 is 2.22 bits per heavy atom. The number of carbonyl (C=O) groups is 1. The highest BCUT2D eigenvalue weighted by atomic mass is 32.2. The molecule has 1 aliphatic rings. The van der Waals surface area contributed by atoms with E-state index < -0.39 is 0 Å². The normalized spacial score (nSPS) is 14.9. The molecule has 7 heteroatoms. The number of rotatable bonds is 6. The van der Waals surface area contributed by atoms with Crippen LogP contribution in [0.1, 0.15) is 49.9 Å². The summed E-state index contributed by atoms with van der Waals surface area (Å²) in [6.45, 7) is 5.44. The third-order valence-electron chi connectivity index (χ3n) is 3.71. The minimum atomic E-state index is 0.159. The zero-order valence-electron chi connectivity index (χ0n) is 13.4. The van der Waals surface area contributed by atoms with Gasteiger partial charge in [0, 0.05) is 24.4 Å². The molecule has 1 aliphatic heterocycles. The van der Waals surface area contributed by atoms with E-state index in [1.807, 2.05) is 18.2 Å². The number of nitrogens with zero attached hydrogens (tertiary/aromatic N) is 4. The van der Waals surface area contributed by atoms with Crippen molar-refractivity contribution in [3.63, 3.8) is 0 Å². The Balaban J connectivity index is 1.57. The molecule has 0 aliphatic carbocycles. The van der Waals surface area contributed by atoms with Gasteiger partial charge in [-0.1, -0.05) is 31.7 Å². The van der Waals surface area contributed by atoms with Crippen LogP contribution in [0, 0.1) is 0 Å². The Morgan fingerprint density at radius 3 is 2.96 bits per heavy atom. The molecule has 0 unspecified atom stereocenters. The predicted octanol–water partition coefficient (Wildman–Crippen LogP) is 3.00. The van der Waals surface area contributed by atoms with E-state index in [-0.39, 0.29) is 5.91 Å². The fraction of sp³-hybridized carbons (Fsp3) is 0.500. The first-order chi connectivity index (χ1) is 11.1. The average molecular weight is 332 g/mol. The number of amides is 1. The van der Waals surface area contributed by atoms with Crippen LogP contribution in [0.25, 0.3) is 0 Å². The number of likely N-dealkylation sites (tertiary alicyclic amines) is 1. The van der Waals surface area contributed by atoms with Gasteiger partial charge in [0.15, 0.2) is 0 Å². The first kappa shape index (κ1) is 16.0. The minimum Gasteiger partial charge on any atom is -0.414 e. The van der Waals surface area contributed by atoms with Crippen LogP contribution >= 0.6 is 11.8 Å². The quantitative estimate of drug-likeness (QED) is 0.757. The Kier molecular flexibility index (Phi) is 4.95. The molecule has 3 rings (SSSR count). The van der Waals surface area contributed by atoms with Crippen LogP contribution < -0.4 is 0 Å². The van der Waals surface area contributed by atoms with Crippen LogP contribution in [0.4, 0.5) is 0 Å². The van der Waals surface area contributed by atoms with Gasteiger partial charge >= 0.3 is 0 Å². The van der Waals surface area contributed by atoms with Gasteiger partial charge in [-0.2, -0.15) is 0 Å². The molecule has 6 nitrogen and oxygen atoms in total. The molecule has 1 saturated heterocycles. The standard InChI is InChI=1S/C16H20N4O2S/c1-11(2)13-6-3-5-12(17-13)10-23-16-19-18-14(22-16)9-20-8-4-7-15(20)21/h3,5-6,11H,4,7-10H2,1-2H3. The predicted molar refractivity (Wildman–Crippen MR) is 86.8 cm³/mol. The van der Waals surface area contributed by atoms with Gasteiger partial charge in [-0.3, -0.25) is 9.78 Å². The average Bonchev–Trinajstić information content (AvgIpc) is 3.16. The van der Waals surface area contributed by atoms with Crippen molar-refractivity contribution >= 4 is 17.7 Å². The summed E-state index contributed by atoms with van der Waals surface area (Å²) in [5, 5.41) is 8.57. The van der Waals surface area contributed by atoms with Crippen molar-refractivity contribution < 1.29 is 9.21 Å². The molecule has 3 heterocycles. The van der Waals surface area contributed by atoms with Crippen LogP contribution in [0.15, 0.2) is 27.8 Å². The maximum atomic E-state index is 11.6. The van der Waals surface area contributed by atoms with Crippen LogP contribution in [0.2, 0.25) is 0 Å². The molecule has 1 fully saturated rings. The van der Waals surface area contributed by atoms with Gasteiger partial charge in [0.1, 0.15) is 0 Å². The molecule has 0 aromatic carbocycles. The van der Waals surface area contributed by atoms with E-state index in [9.17, 15) is 4.79 Å². The number of hydrogen-bond donors (Lipinski definition) is 0. The van der Waals surface area contributed by atoms with Gasteiger partial charge in [-0.05, 0) is 24.5 Å². The van der Waals surface area contributed by atoms with E-state index in [0.29, 0.717) is 35.7 Å². The minimum absolute atomic E-state index is 0.159. The Morgan fingerprint density at radius 1 is 1.35 bits per heavy atom. The zero-order chi connectivity index (χ0) is 16.2. The highest BCUT2D eigenvalue weighted by Crippen LogP contribution is 2.23. The SMILES string of the molecule is CC(C)c1cccc(CSc2nnc(CN3CCCC3=O)o2)n1. The van der Waals surface area contributed by atoms with Crippen molar-refractivity contribution in [2.24, 2.45) is 0 Å². The van der Waals surface area contributed by atoms with E-state index in [0.717, 1.165) is 24.4 Å². The Labute approximate surface area is 139 Å². The molecular weight excluding hydrogens is 312 g/mol. The van der Waals surface area contributed by atoms with Crippen LogP contribution in [-0.4, -0.2) is 32.5 Å². The highest BCUT2D eigenvalue weighted by Gasteiger charge is 2.22. The van der Waals surface area contributed by atoms with Crippen LogP contribution in [-0.2, 0) is 17.1 Å². The third kappa shape index (κ3) is 4.10. The molecule has 0 atom stereocenters. The van der Waals surface area contributed by atoms with Gasteiger partial charge in [-0.15, -0.1) is 10.2 Å². The second-order valence-electron chi connectivity index (χ2n) is 5.88. The van der Waals surface area contributed by atoms with Gasteiger partial charge in [-0.25, -0.2) is 0 Å². The molecule has 1 amide bonds. The summed E-state index contributed by atoms with van der Waals surface area (Å²) in [4.78, 5) is 18.0. The van der Waals surface area contributed by atoms with Crippen molar-refractivity contribution in [1.82, 2.24) is 20.1 Å². The molecule has 0 radical (unpaired) electrons. The highest BCUT2D eigenvalue weighted by molar-refractivity contribution is 7.98. The summed E-state index contributed by atoms with van der Waals surface area (Å²) >= 11 is 1.47. The maximum absolute atomic E-state index is 11.6. The van der Waals surface area contributed by atoms with Crippen molar-refractivity contribution in [2.45, 2.75) is 50.1 Å². The molecular formula is C16H20N4O2S. The van der Waals surface area contributed by atoms with E-state index in [1.165, 1.54) is 11.8 Å². The smallest absolute Gasteiger partial charge is 0.277 e. The first-order valence-electron chi connectivity index (χ1n) is 7.80. The third-order valence-corrected chi connectivity index (χ3v) is 4.56. The van der Waals surface area contributed by atoms with Gasteiger partial charge in [0.25, 0.3) is 5.22 Å². The molecule has 23 heavy (non-hydrogen) atoms. The molecule has 0 N–H and O–H groups in total. The first-order valence-corrected chi connectivity index (χ1v) is 8.79. The van der Waals surface area contributed by atoms with Crippen molar-refractivity contribution in [3.05, 3.63) is 35.5 Å². The number of pyridine rings is 1. The molecule has 0 saturated carbocycles. The van der Waals surface area contributed by atoms with E-state index in [4.69, 9.17) is 4.42 Å². The van der Waals surface area contributed by atoms with Crippen molar-refractivity contribution in [2.75, 3.05) is 6.54 Å². The molecule has 0 spiro atoms. The lowest BCUT2D eigenvalue weighted by Crippen LogP contribution is -2.23. The van der Waals surface area contributed by atoms with Crippen LogP contribution in [0.5, 0.6) is 0 Å². The van der Waals surface area contributed by atoms with Crippen molar-refractivity contribution in [1.29, 1.82) is 0 Å². The summed E-state index contributed by atoms with van der Waals surface area (Å²) in [6, 6.07) is 6.06. The summed E-state index contributed by atoms with van der Waals surface area (Å²) in [6.07, 6.45) is 1.53. The lowest BCUT2D eigenvalue weighted by molar-refractivity contribution is -0.128. The van der Waals surface area contributed by atoms with E-state index in [2.05, 4.69) is 29.0 Å². The topological polar surface area (TPSA) is 72.1 Å². The van der Waals surface area contributed by atoms with Gasteiger partial charge in [0.05, 0.1) is 12.2 Å². The Hall–Kier alpha value is -1.89. The number of carbonyl (C=O) groups excluding carboxylic acids is 1. The number of aromatic nitrogens is 3. The second kappa shape index (κ2) is 7.12. The van der Waals surface area contributed by atoms with E-state index in [1.54, 1.807) is 4.90 Å². The summed E-state index contributed by atoms with van der Waals surface area (Å²) in [5.74, 6) is 1.75. The number of thioether (sulfide) groups is 1. The van der Waals surface area contributed by atoms with Crippen LogP contribution in [0.3, 0.4) is 0 Å². The maximum Gasteiger partial charge on any atom is 0.277 e. The summed E-state index contributed by atoms with van der Waals surface area (Å²) in [5.41, 5.74) is 2.08. The summed E-state index contributed by atoms with van der Waals surface area (Å²) in [7, 11) is 0. The lowest BCUT2D eigenvalue weighted by atomic mass is 10.1. The number of hydrogen-bond acceptors (Lipinski definition) is 6. The molecule has 2 aromatic rings. The van der Waals surface area contributed by atoms with Crippen molar-refractivity contribution in [3.8, 4) is 0 Å². The second-order valence-corrected chi connectivity index (χ2v) is 6.80. The monoisotopic (exact) mass is 332 g/mol. The summed E-state index contributed by atoms with van der Waals surface area (Å²) < 4.78 is 5.61. The van der Waals surface area contributed by atoms with E-state index >= 15 is 0 Å². The fourth-order valence-electron chi connectivity index (χ4n) is 2.43. The Bertz CT molecular complexity index is 686. The largest absolute Gasteiger partial charge is 0.414 e. The molecule has 2 aromatic heterocycles. The molecule has 122 valence electrons. The molecule has 0 bridgehead atoms. The fourth-order valence-corrected chi connectivity index (χ4v) is 3.12. The van der Waals surface area contributed by atoms with Gasteiger partial charge in [0.2, 0.25) is 11.8 Å². The zero-order valence-corrected chi connectivity index (χ0v) is 14.2. The van der Waals surface area contributed by atoms with Gasteiger partial charge < -0.3 is 9.32 Å².